The minimum Gasteiger partial charge on any atom is -0.283 e. The first-order valence-corrected chi connectivity index (χ1v) is 8.83. The van der Waals surface area contributed by atoms with Gasteiger partial charge in [-0.15, -0.1) is 11.8 Å². The largest absolute Gasteiger partial charge is 0.283 e. The topological polar surface area (TPSA) is 25.2 Å². The van der Waals surface area contributed by atoms with E-state index in [1.54, 1.807) is 18.3 Å². The Hall–Kier alpha value is -2.27. The molecule has 1 aromatic heterocycles. The van der Waals surface area contributed by atoms with Crippen molar-refractivity contribution in [1.29, 1.82) is 0 Å². The Morgan fingerprint density at radius 1 is 1.04 bits per heavy atom. The van der Waals surface area contributed by atoms with Gasteiger partial charge in [0, 0.05) is 27.5 Å². The fraction of sp³-hybridized carbons (Fsp3) is 0.200. The highest BCUT2D eigenvalue weighted by Gasteiger charge is 2.28. The van der Waals surface area contributed by atoms with E-state index in [1.807, 2.05) is 32.0 Å². The molecule has 2 heterocycles. The van der Waals surface area contributed by atoms with Crippen LogP contribution in [0.2, 0.25) is 0 Å². The summed E-state index contributed by atoms with van der Waals surface area (Å²) in [4.78, 5) is 9.62. The number of fused-ring (bicyclic) bond motifs is 2. The highest BCUT2D eigenvalue weighted by atomic mass is 32.2. The molecule has 126 valence electrons. The van der Waals surface area contributed by atoms with Crippen LogP contribution in [0.15, 0.2) is 58.5 Å². The van der Waals surface area contributed by atoms with Crippen molar-refractivity contribution < 1.29 is 8.78 Å². The second-order valence-electron chi connectivity index (χ2n) is 6.68. The number of rotatable bonds is 1. The van der Waals surface area contributed by atoms with Crippen LogP contribution in [-0.4, -0.2) is 22.0 Å². The van der Waals surface area contributed by atoms with E-state index in [-0.39, 0.29) is 16.4 Å². The van der Waals surface area contributed by atoms with Crippen LogP contribution in [0.1, 0.15) is 25.0 Å². The summed E-state index contributed by atoms with van der Waals surface area (Å²) in [5.41, 5.74) is 2.55. The number of aromatic nitrogens is 1. The lowest BCUT2D eigenvalue weighted by Gasteiger charge is -2.20. The normalized spacial score (nSPS) is 16.2. The molecule has 0 amide bonds. The number of nitrogens with zero attached hydrogens (tertiary/aromatic N) is 2. The fourth-order valence-corrected chi connectivity index (χ4v) is 4.08. The molecule has 0 aliphatic carbocycles. The summed E-state index contributed by atoms with van der Waals surface area (Å²) in [6, 6.07) is 11.8. The number of thioether (sulfide) groups is 1. The quantitative estimate of drug-likeness (QED) is 0.597. The Kier molecular flexibility index (Phi) is 3.84. The molecule has 2 aromatic carbocycles. The Bertz CT molecular complexity index is 1010. The number of aliphatic imine (C=N–C) groups is 1. The van der Waals surface area contributed by atoms with Gasteiger partial charge in [0.05, 0.1) is 17.2 Å². The number of halogens is 2. The average Bonchev–Trinajstić information content (AvgIpc) is 2.71. The first kappa shape index (κ1) is 16.2. The third-order valence-corrected chi connectivity index (χ3v) is 5.45. The molecule has 0 unspecified atom stereocenters. The zero-order chi connectivity index (χ0) is 17.6. The number of benzene rings is 2. The molecular formula is C20H16F2N2S. The summed E-state index contributed by atoms with van der Waals surface area (Å²) in [5.74, 6) is -0.597. The highest BCUT2D eigenvalue weighted by Crippen LogP contribution is 2.40. The van der Waals surface area contributed by atoms with E-state index in [0.717, 1.165) is 11.1 Å². The maximum Gasteiger partial charge on any atom is 0.149 e. The van der Waals surface area contributed by atoms with Crippen LogP contribution in [0.4, 0.5) is 8.78 Å². The Morgan fingerprint density at radius 3 is 2.64 bits per heavy atom. The number of hydrogen-bond donors (Lipinski definition) is 0. The molecule has 1 aliphatic heterocycles. The van der Waals surface area contributed by atoms with Gasteiger partial charge >= 0.3 is 0 Å². The van der Waals surface area contributed by atoms with E-state index in [2.05, 4.69) is 4.98 Å². The molecular weight excluding hydrogens is 338 g/mol. The first-order valence-electron chi connectivity index (χ1n) is 8.02. The zero-order valence-electron chi connectivity index (χ0n) is 13.9. The summed E-state index contributed by atoms with van der Waals surface area (Å²) < 4.78 is 28.1. The summed E-state index contributed by atoms with van der Waals surface area (Å²) in [6.07, 6.45) is 1.61. The summed E-state index contributed by atoms with van der Waals surface area (Å²) in [5, 5.41) is 0.703. The summed E-state index contributed by atoms with van der Waals surface area (Å²) in [6.45, 7) is 4.66. The van der Waals surface area contributed by atoms with Gasteiger partial charge in [0.25, 0.3) is 0 Å². The van der Waals surface area contributed by atoms with Crippen molar-refractivity contribution in [2.24, 2.45) is 4.99 Å². The molecule has 1 aliphatic rings. The lowest BCUT2D eigenvalue weighted by Crippen LogP contribution is -2.18. The molecule has 2 nitrogen and oxygen atoms in total. The third kappa shape index (κ3) is 2.93. The summed E-state index contributed by atoms with van der Waals surface area (Å²) in [7, 11) is 0. The Labute approximate surface area is 149 Å². The number of hydrogen-bond acceptors (Lipinski definition) is 3. The standard InChI is InChI=1S/C20H16F2N2S/c1-20(2)11-24-17(14-6-4-8-16(22)19(14)25-20)13-9-12-5-3-7-15(21)18(12)23-10-13/h3-10H,11H2,1-2H3. The lowest BCUT2D eigenvalue weighted by molar-refractivity contribution is 0.599. The van der Waals surface area contributed by atoms with Crippen LogP contribution >= 0.6 is 11.8 Å². The minimum atomic E-state index is -0.352. The predicted molar refractivity (Wildman–Crippen MR) is 98.5 cm³/mol. The van der Waals surface area contributed by atoms with Crippen molar-refractivity contribution >= 4 is 28.4 Å². The van der Waals surface area contributed by atoms with E-state index < -0.39 is 0 Å². The highest BCUT2D eigenvalue weighted by molar-refractivity contribution is 8.00. The molecule has 4 rings (SSSR count). The molecule has 5 heteroatoms. The van der Waals surface area contributed by atoms with Crippen molar-refractivity contribution in [2.75, 3.05) is 6.54 Å². The molecule has 0 saturated heterocycles. The van der Waals surface area contributed by atoms with Crippen LogP contribution in [0.5, 0.6) is 0 Å². The van der Waals surface area contributed by atoms with E-state index in [0.29, 0.717) is 28.1 Å². The van der Waals surface area contributed by atoms with Gasteiger partial charge in [-0.05, 0) is 32.0 Å². The molecule has 0 spiro atoms. The van der Waals surface area contributed by atoms with E-state index >= 15 is 0 Å². The van der Waals surface area contributed by atoms with Crippen molar-refractivity contribution in [1.82, 2.24) is 4.98 Å². The second-order valence-corrected chi connectivity index (χ2v) is 8.40. The zero-order valence-corrected chi connectivity index (χ0v) is 14.7. The molecule has 0 saturated carbocycles. The van der Waals surface area contributed by atoms with Crippen molar-refractivity contribution in [3.05, 3.63) is 71.4 Å². The van der Waals surface area contributed by atoms with Crippen molar-refractivity contribution in [2.45, 2.75) is 23.5 Å². The van der Waals surface area contributed by atoms with Gasteiger partial charge in [0.1, 0.15) is 17.2 Å². The number of para-hydroxylation sites is 1. The van der Waals surface area contributed by atoms with Gasteiger partial charge in [-0.25, -0.2) is 8.78 Å². The van der Waals surface area contributed by atoms with Crippen LogP contribution in [-0.2, 0) is 0 Å². The maximum atomic E-state index is 14.4. The minimum absolute atomic E-state index is 0.213. The van der Waals surface area contributed by atoms with E-state index in [9.17, 15) is 8.78 Å². The predicted octanol–water partition coefficient (Wildman–Crippen LogP) is 5.23. The van der Waals surface area contributed by atoms with Crippen LogP contribution in [0, 0.1) is 11.6 Å². The third-order valence-electron chi connectivity index (χ3n) is 4.15. The lowest BCUT2D eigenvalue weighted by atomic mass is 10.0. The Balaban J connectivity index is 1.93. The monoisotopic (exact) mass is 354 g/mol. The van der Waals surface area contributed by atoms with Crippen molar-refractivity contribution in [3.8, 4) is 0 Å². The summed E-state index contributed by atoms with van der Waals surface area (Å²) >= 11 is 1.50. The molecule has 0 fully saturated rings. The second kappa shape index (κ2) is 5.92. The maximum absolute atomic E-state index is 14.4. The van der Waals surface area contributed by atoms with Crippen LogP contribution in [0.25, 0.3) is 10.9 Å². The SMILES string of the molecule is CC1(C)CN=C(c2cnc3c(F)cccc3c2)c2cccc(F)c2S1. The van der Waals surface area contributed by atoms with Gasteiger partial charge in [0.2, 0.25) is 0 Å². The van der Waals surface area contributed by atoms with Crippen LogP contribution in [0.3, 0.4) is 0 Å². The average molecular weight is 354 g/mol. The van der Waals surface area contributed by atoms with Gasteiger partial charge < -0.3 is 0 Å². The van der Waals surface area contributed by atoms with Gasteiger partial charge in [-0.2, -0.15) is 0 Å². The van der Waals surface area contributed by atoms with Gasteiger partial charge in [0.15, 0.2) is 0 Å². The van der Waals surface area contributed by atoms with Gasteiger partial charge in [-0.1, -0.05) is 24.3 Å². The molecule has 0 bridgehead atoms. The van der Waals surface area contributed by atoms with Crippen LogP contribution < -0.4 is 0 Å². The van der Waals surface area contributed by atoms with Crippen molar-refractivity contribution in [3.63, 3.8) is 0 Å². The molecule has 3 aromatic rings. The van der Waals surface area contributed by atoms with E-state index in [4.69, 9.17) is 4.99 Å². The van der Waals surface area contributed by atoms with Gasteiger partial charge in [-0.3, -0.25) is 9.98 Å². The number of pyridine rings is 1. The fourth-order valence-electron chi connectivity index (χ4n) is 2.96. The van der Waals surface area contributed by atoms with E-state index in [1.165, 1.54) is 23.9 Å². The molecule has 0 radical (unpaired) electrons. The molecule has 0 N–H and O–H groups in total. The Morgan fingerprint density at radius 2 is 1.80 bits per heavy atom. The molecule has 25 heavy (non-hydrogen) atoms. The first-order chi connectivity index (χ1) is 11.9. The molecule has 0 atom stereocenters. The smallest absolute Gasteiger partial charge is 0.149 e.